The van der Waals surface area contributed by atoms with Crippen LogP contribution in [0.1, 0.15) is 72.6 Å². The predicted octanol–water partition coefficient (Wildman–Crippen LogP) is 3.25. The number of hydrogen-bond donors (Lipinski definition) is 0. The molecule has 0 aromatic heterocycles. The quantitative estimate of drug-likeness (QED) is 0.499. The lowest BCUT2D eigenvalue weighted by Crippen LogP contribution is -2.42. The van der Waals surface area contributed by atoms with Crippen molar-refractivity contribution in [2.45, 2.75) is 72.6 Å². The normalized spacial score (nSPS) is 38.5. The summed E-state index contributed by atoms with van der Waals surface area (Å²) >= 11 is 0. The fraction of sp³-hybridized carbons (Fsp3) is 0.826. The molecule has 160 valence electrons. The molecule has 6 nitrogen and oxygen atoms in total. The van der Waals surface area contributed by atoms with Gasteiger partial charge in [0.1, 0.15) is 31.2 Å². The monoisotopic (exact) mass is 404 g/mol. The van der Waals surface area contributed by atoms with Crippen molar-refractivity contribution in [1.29, 1.82) is 0 Å². The number of hydrogen-bond acceptors (Lipinski definition) is 6. The second kappa shape index (κ2) is 6.39. The van der Waals surface area contributed by atoms with Gasteiger partial charge in [-0.05, 0) is 48.3 Å². The van der Waals surface area contributed by atoms with Crippen LogP contribution in [0.5, 0.6) is 0 Å². The van der Waals surface area contributed by atoms with Crippen LogP contribution in [0.4, 0.5) is 0 Å². The highest BCUT2D eigenvalue weighted by atomic mass is 16.6. The highest BCUT2D eigenvalue weighted by molar-refractivity contribution is 5.93. The molecule has 4 rings (SSSR count). The molecule has 0 heterocycles. The van der Waals surface area contributed by atoms with Gasteiger partial charge in [-0.25, -0.2) is 0 Å². The Morgan fingerprint density at radius 3 is 1.45 bits per heavy atom. The average Bonchev–Trinajstić information content (AvgIpc) is 3.18. The molecule has 4 fully saturated rings. The van der Waals surface area contributed by atoms with Gasteiger partial charge in [0.15, 0.2) is 0 Å². The summed E-state index contributed by atoms with van der Waals surface area (Å²) in [7, 11) is 0. The van der Waals surface area contributed by atoms with Gasteiger partial charge in [0.25, 0.3) is 0 Å². The molecule has 4 bridgehead atoms. The summed E-state index contributed by atoms with van der Waals surface area (Å²) < 4.78 is 10.8. The van der Waals surface area contributed by atoms with Crippen LogP contribution in [0.15, 0.2) is 0 Å². The number of Topliss-reactive ketones (excluding diaryl/α,β-unsaturated/α-hetero) is 2. The largest absolute Gasteiger partial charge is 0.464 e. The Morgan fingerprint density at radius 1 is 0.793 bits per heavy atom. The lowest BCUT2D eigenvalue weighted by atomic mass is 9.69. The molecule has 0 aromatic rings. The van der Waals surface area contributed by atoms with Crippen molar-refractivity contribution in [3.05, 3.63) is 0 Å². The Kier molecular flexibility index (Phi) is 4.53. The van der Waals surface area contributed by atoms with Crippen LogP contribution < -0.4 is 0 Å². The molecule has 29 heavy (non-hydrogen) atoms. The third-order valence-electron chi connectivity index (χ3n) is 9.53. The van der Waals surface area contributed by atoms with Crippen LogP contribution in [0.25, 0.3) is 0 Å². The van der Waals surface area contributed by atoms with Gasteiger partial charge in [0.2, 0.25) is 0 Å². The maximum absolute atomic E-state index is 12.5. The Balaban J connectivity index is 1.30. The van der Waals surface area contributed by atoms with Gasteiger partial charge in [-0.3, -0.25) is 19.2 Å². The molecule has 6 heteroatoms. The summed E-state index contributed by atoms with van der Waals surface area (Å²) in [5, 5.41) is 0. The summed E-state index contributed by atoms with van der Waals surface area (Å²) in [5.74, 6) is -0.290. The molecule has 4 aliphatic rings. The lowest BCUT2D eigenvalue weighted by Gasteiger charge is -2.36. The molecule has 0 aliphatic heterocycles. The van der Waals surface area contributed by atoms with E-state index in [2.05, 4.69) is 27.7 Å². The molecule has 0 radical (unpaired) electrons. The van der Waals surface area contributed by atoms with Gasteiger partial charge in [-0.1, -0.05) is 27.7 Å². The highest BCUT2D eigenvalue weighted by Crippen LogP contribution is 2.64. The number of carbonyl (C=O) groups is 4. The van der Waals surface area contributed by atoms with Crippen molar-refractivity contribution >= 4 is 23.5 Å². The van der Waals surface area contributed by atoms with E-state index in [1.54, 1.807) is 0 Å². The summed E-state index contributed by atoms with van der Waals surface area (Å²) in [5.41, 5.74) is -1.60. The summed E-state index contributed by atoms with van der Waals surface area (Å²) in [6, 6.07) is 0. The topological polar surface area (TPSA) is 86.7 Å². The molecule has 0 spiro atoms. The van der Waals surface area contributed by atoms with Crippen molar-refractivity contribution < 1.29 is 28.7 Å². The number of ketones is 2. The maximum Gasteiger partial charge on any atom is 0.317 e. The molecular formula is C23H32O6. The van der Waals surface area contributed by atoms with Crippen molar-refractivity contribution in [2.75, 3.05) is 13.2 Å². The fourth-order valence-electron chi connectivity index (χ4n) is 6.84. The van der Waals surface area contributed by atoms with Gasteiger partial charge in [-0.2, -0.15) is 0 Å². The number of ether oxygens (including phenoxy) is 2. The van der Waals surface area contributed by atoms with Crippen LogP contribution >= 0.6 is 0 Å². The minimum atomic E-state index is -0.665. The van der Waals surface area contributed by atoms with E-state index in [-0.39, 0.29) is 35.6 Å². The third-order valence-corrected chi connectivity index (χ3v) is 9.53. The Bertz CT molecular complexity index is 716. The van der Waals surface area contributed by atoms with Gasteiger partial charge in [0.05, 0.1) is 10.8 Å². The zero-order valence-corrected chi connectivity index (χ0v) is 18.0. The first-order chi connectivity index (χ1) is 13.5. The number of fused-ring (bicyclic) bond motifs is 4. The first-order valence-corrected chi connectivity index (χ1v) is 10.8. The van der Waals surface area contributed by atoms with Gasteiger partial charge < -0.3 is 9.47 Å². The zero-order chi connectivity index (χ0) is 21.2. The van der Waals surface area contributed by atoms with Crippen molar-refractivity contribution in [3.8, 4) is 0 Å². The van der Waals surface area contributed by atoms with Crippen LogP contribution in [-0.2, 0) is 28.7 Å². The van der Waals surface area contributed by atoms with Crippen LogP contribution in [0.2, 0.25) is 0 Å². The van der Waals surface area contributed by atoms with E-state index >= 15 is 0 Å². The molecule has 4 aliphatic carbocycles. The second-order valence-corrected chi connectivity index (χ2v) is 10.8. The second-order valence-electron chi connectivity index (χ2n) is 10.8. The number of esters is 2. The molecule has 4 unspecified atom stereocenters. The first kappa shape index (κ1) is 20.5. The van der Waals surface area contributed by atoms with Crippen molar-refractivity contribution in [1.82, 2.24) is 0 Å². The average molecular weight is 405 g/mol. The van der Waals surface area contributed by atoms with E-state index in [1.807, 2.05) is 0 Å². The number of rotatable bonds is 6. The molecule has 0 aromatic carbocycles. The molecule has 0 N–H and O–H groups in total. The van der Waals surface area contributed by atoms with E-state index in [0.717, 1.165) is 25.7 Å². The molecular weight excluding hydrogens is 372 g/mol. The SMILES string of the molecule is CC1(C)C2CCC1(COC(=O)CC(=O)OCC13CCC(CC1=O)C3(C)C)C(=O)C2. The summed E-state index contributed by atoms with van der Waals surface area (Å²) in [6.07, 6.45) is 4.06. The van der Waals surface area contributed by atoms with E-state index in [4.69, 9.17) is 9.47 Å². The molecule has 0 saturated heterocycles. The van der Waals surface area contributed by atoms with E-state index in [1.165, 1.54) is 0 Å². The fourth-order valence-corrected chi connectivity index (χ4v) is 6.84. The Labute approximate surface area is 172 Å². The van der Waals surface area contributed by atoms with Gasteiger partial charge in [0, 0.05) is 12.8 Å². The van der Waals surface area contributed by atoms with Crippen LogP contribution in [-0.4, -0.2) is 36.7 Å². The van der Waals surface area contributed by atoms with Gasteiger partial charge in [-0.15, -0.1) is 0 Å². The third kappa shape index (κ3) is 2.66. The maximum atomic E-state index is 12.5. The molecule has 4 saturated carbocycles. The Morgan fingerprint density at radius 2 is 1.17 bits per heavy atom. The summed E-state index contributed by atoms with van der Waals surface area (Å²) in [4.78, 5) is 49.5. The highest BCUT2D eigenvalue weighted by Gasteiger charge is 2.65. The predicted molar refractivity (Wildman–Crippen MR) is 104 cm³/mol. The minimum Gasteiger partial charge on any atom is -0.464 e. The van der Waals surface area contributed by atoms with E-state index in [0.29, 0.717) is 24.7 Å². The van der Waals surface area contributed by atoms with Gasteiger partial charge >= 0.3 is 11.9 Å². The summed E-state index contributed by atoms with van der Waals surface area (Å²) in [6.45, 7) is 8.38. The standard InChI is InChI=1S/C23H32O6/c1-20(2)14-5-7-22(20,16(24)9-14)12-28-18(26)11-19(27)29-13-23-8-6-15(10-17(23)25)21(23,3)4/h14-15H,5-13H2,1-4H3. The smallest absolute Gasteiger partial charge is 0.317 e. The Hall–Kier alpha value is -1.72. The zero-order valence-electron chi connectivity index (χ0n) is 18.0. The van der Waals surface area contributed by atoms with Crippen molar-refractivity contribution in [2.24, 2.45) is 33.5 Å². The first-order valence-electron chi connectivity index (χ1n) is 10.8. The van der Waals surface area contributed by atoms with Crippen LogP contribution in [0.3, 0.4) is 0 Å². The minimum absolute atomic E-state index is 0.0403. The van der Waals surface area contributed by atoms with E-state index < -0.39 is 29.2 Å². The van der Waals surface area contributed by atoms with Crippen LogP contribution in [0, 0.1) is 33.5 Å². The van der Waals surface area contributed by atoms with E-state index in [9.17, 15) is 19.2 Å². The lowest BCUT2D eigenvalue weighted by molar-refractivity contribution is -0.161. The van der Waals surface area contributed by atoms with Crippen molar-refractivity contribution in [3.63, 3.8) is 0 Å². The molecule has 0 amide bonds. The molecule has 4 atom stereocenters. The number of carbonyl (C=O) groups excluding carboxylic acids is 4.